The van der Waals surface area contributed by atoms with E-state index in [2.05, 4.69) is 31.1 Å². The van der Waals surface area contributed by atoms with Gasteiger partial charge in [0, 0.05) is 17.2 Å². The molecule has 0 aromatic heterocycles. The van der Waals surface area contributed by atoms with Crippen LogP contribution in [0, 0.1) is 17.3 Å². The molecule has 0 fully saturated rings. The Bertz CT molecular complexity index is 859. The lowest BCUT2D eigenvalue weighted by Crippen LogP contribution is -2.32. The van der Waals surface area contributed by atoms with Gasteiger partial charge < -0.3 is 4.74 Å². The van der Waals surface area contributed by atoms with Crippen LogP contribution in [-0.2, 0) is 9.59 Å². The predicted octanol–water partition coefficient (Wildman–Crippen LogP) is 3.81. The first-order valence-electron chi connectivity index (χ1n) is 8.74. The first kappa shape index (κ1) is 18.4. The minimum atomic E-state index is -1.64. The van der Waals surface area contributed by atoms with E-state index in [1.165, 1.54) is 19.2 Å². The van der Waals surface area contributed by atoms with Crippen molar-refractivity contribution < 1.29 is 18.7 Å². The largest absolute Gasteiger partial charge is 0.495 e. The summed E-state index contributed by atoms with van der Waals surface area (Å²) in [5.41, 5.74) is 4.59. The molecular weight excluding hydrogens is 349 g/mol. The van der Waals surface area contributed by atoms with E-state index < -0.39 is 25.7 Å². The molecule has 0 N–H and O–H groups in total. The van der Waals surface area contributed by atoms with Gasteiger partial charge in [0.05, 0.1) is 18.4 Å². The van der Waals surface area contributed by atoms with E-state index in [-0.39, 0.29) is 5.69 Å². The van der Waals surface area contributed by atoms with Crippen LogP contribution in [0.1, 0.15) is 31.2 Å². The molecule has 2 aliphatic rings. The predicted molar refractivity (Wildman–Crippen MR) is 101 cm³/mol. The quantitative estimate of drug-likeness (QED) is 0.451. The number of ether oxygens (including phenoxy) is 1. The first-order valence-corrected chi connectivity index (χ1v) is 12.2. The van der Waals surface area contributed by atoms with Crippen molar-refractivity contribution in [1.82, 2.24) is 0 Å². The summed E-state index contributed by atoms with van der Waals surface area (Å²) in [6.45, 7) is 6.28. The summed E-state index contributed by atoms with van der Waals surface area (Å²) < 4.78 is 20.1. The van der Waals surface area contributed by atoms with Crippen LogP contribution >= 0.6 is 0 Å². The van der Waals surface area contributed by atoms with Crippen molar-refractivity contribution in [1.29, 1.82) is 0 Å². The fraction of sp³-hybridized carbons (Fsp3) is 0.400. The number of rotatable bonds is 2. The molecular formula is C20H22FNO3Si. The summed E-state index contributed by atoms with van der Waals surface area (Å²) >= 11 is 0. The zero-order valence-electron chi connectivity index (χ0n) is 15.5. The summed E-state index contributed by atoms with van der Waals surface area (Å²) in [5.74, 6) is 1.87. The number of amides is 2. The van der Waals surface area contributed by atoms with E-state index in [4.69, 9.17) is 4.74 Å². The summed E-state index contributed by atoms with van der Waals surface area (Å²) in [5, 5.41) is 0. The number of imide groups is 1. The van der Waals surface area contributed by atoms with Crippen LogP contribution in [0.15, 0.2) is 23.3 Å². The molecule has 1 aromatic rings. The molecule has 3 rings (SSSR count). The number of nitrogens with zero attached hydrogens (tertiary/aromatic N) is 1. The number of anilines is 1. The maximum Gasteiger partial charge on any atom is 0.261 e. The summed E-state index contributed by atoms with van der Waals surface area (Å²) in [7, 11) is -0.174. The number of hydrogen-bond donors (Lipinski definition) is 0. The van der Waals surface area contributed by atoms with Gasteiger partial charge in [-0.1, -0.05) is 25.6 Å². The lowest BCUT2D eigenvalue weighted by atomic mass is 9.93. The average Bonchev–Trinajstić information content (AvgIpc) is 2.84. The number of halogens is 1. The second-order valence-electron chi connectivity index (χ2n) is 7.61. The molecule has 2 amide bonds. The van der Waals surface area contributed by atoms with Crippen molar-refractivity contribution in [2.45, 2.75) is 45.3 Å². The summed E-state index contributed by atoms with van der Waals surface area (Å²) in [6, 6.07) is 2.65. The van der Waals surface area contributed by atoms with Crippen LogP contribution < -0.4 is 9.64 Å². The Morgan fingerprint density at radius 1 is 1.08 bits per heavy atom. The minimum Gasteiger partial charge on any atom is -0.495 e. The fourth-order valence-corrected chi connectivity index (χ4v) is 3.70. The van der Waals surface area contributed by atoms with Gasteiger partial charge in [0.2, 0.25) is 0 Å². The molecule has 0 radical (unpaired) electrons. The normalized spacial score (nSPS) is 17.2. The molecule has 4 nitrogen and oxygen atoms in total. The molecule has 1 aromatic carbocycles. The van der Waals surface area contributed by atoms with Gasteiger partial charge in [0.25, 0.3) is 11.8 Å². The van der Waals surface area contributed by atoms with Crippen molar-refractivity contribution >= 4 is 25.6 Å². The Labute approximate surface area is 154 Å². The Morgan fingerprint density at radius 3 is 2.15 bits per heavy atom. The second-order valence-corrected chi connectivity index (χ2v) is 12.4. The first-order chi connectivity index (χ1) is 12.2. The number of carbonyl (C=O) groups excluding carboxylic acids is 2. The van der Waals surface area contributed by atoms with Gasteiger partial charge in [-0.25, -0.2) is 9.29 Å². The molecule has 1 heterocycles. The minimum absolute atomic E-state index is 0.0650. The Hall–Kier alpha value is -2.39. The van der Waals surface area contributed by atoms with E-state index in [1.807, 2.05) is 0 Å². The average molecular weight is 371 g/mol. The highest BCUT2D eigenvalue weighted by Gasteiger charge is 2.41. The highest BCUT2D eigenvalue weighted by atomic mass is 28.3. The van der Waals surface area contributed by atoms with Crippen LogP contribution in [0.4, 0.5) is 10.1 Å². The molecule has 0 saturated heterocycles. The van der Waals surface area contributed by atoms with Crippen LogP contribution in [0.3, 0.4) is 0 Å². The van der Waals surface area contributed by atoms with E-state index in [1.54, 1.807) is 0 Å². The van der Waals surface area contributed by atoms with Crippen LogP contribution in [0.5, 0.6) is 5.75 Å². The maximum atomic E-state index is 14.8. The number of carbonyl (C=O) groups is 2. The van der Waals surface area contributed by atoms with Gasteiger partial charge in [-0.05, 0) is 31.7 Å². The molecule has 0 spiro atoms. The zero-order chi connectivity index (χ0) is 19.1. The monoisotopic (exact) mass is 371 g/mol. The van der Waals surface area contributed by atoms with Gasteiger partial charge in [0.15, 0.2) is 0 Å². The smallest absolute Gasteiger partial charge is 0.261 e. The number of hydrogen-bond acceptors (Lipinski definition) is 3. The van der Waals surface area contributed by atoms with Crippen LogP contribution in [-0.4, -0.2) is 27.0 Å². The Morgan fingerprint density at radius 2 is 1.65 bits per heavy atom. The van der Waals surface area contributed by atoms with E-state index in [0.29, 0.717) is 35.3 Å². The number of benzene rings is 1. The van der Waals surface area contributed by atoms with Crippen molar-refractivity contribution in [2.24, 2.45) is 0 Å². The maximum absolute atomic E-state index is 14.8. The molecule has 0 atom stereocenters. The van der Waals surface area contributed by atoms with E-state index >= 15 is 0 Å². The third-order valence-electron chi connectivity index (χ3n) is 4.47. The molecule has 1 aliphatic heterocycles. The van der Waals surface area contributed by atoms with Gasteiger partial charge >= 0.3 is 0 Å². The SMILES string of the molecule is COc1cc(N2C(=O)C3=C(CCCC3)C2=O)c(F)cc1C#C[Si](C)(C)C. The molecule has 136 valence electrons. The molecule has 1 aliphatic carbocycles. The lowest BCUT2D eigenvalue weighted by molar-refractivity contribution is -0.120. The third kappa shape index (κ3) is 3.32. The highest BCUT2D eigenvalue weighted by molar-refractivity contribution is 6.83. The molecule has 26 heavy (non-hydrogen) atoms. The van der Waals surface area contributed by atoms with Crippen molar-refractivity contribution in [3.8, 4) is 17.2 Å². The van der Waals surface area contributed by atoms with Gasteiger partial charge in [0.1, 0.15) is 19.6 Å². The Kier molecular flexibility index (Phi) is 4.76. The molecule has 0 unspecified atom stereocenters. The van der Waals surface area contributed by atoms with E-state index in [9.17, 15) is 14.0 Å². The lowest BCUT2D eigenvalue weighted by Gasteiger charge is -2.17. The standard InChI is InChI=1S/C20H22FNO3Si/c1-25-18-12-17(16(21)11-13(18)9-10-26(2,3)4)22-19(23)14-7-5-6-8-15(14)20(22)24/h11-12H,5-8H2,1-4H3. The highest BCUT2D eigenvalue weighted by Crippen LogP contribution is 2.38. The fourth-order valence-electron chi connectivity index (χ4n) is 3.19. The zero-order valence-corrected chi connectivity index (χ0v) is 16.5. The van der Waals surface area contributed by atoms with Gasteiger partial charge in [-0.3, -0.25) is 9.59 Å². The van der Waals surface area contributed by atoms with Crippen molar-refractivity contribution in [3.63, 3.8) is 0 Å². The topological polar surface area (TPSA) is 46.6 Å². The van der Waals surface area contributed by atoms with Crippen LogP contribution in [0.25, 0.3) is 0 Å². The summed E-state index contributed by atoms with van der Waals surface area (Å²) in [4.78, 5) is 26.3. The van der Waals surface area contributed by atoms with Crippen LogP contribution in [0.2, 0.25) is 19.6 Å². The molecule has 0 bridgehead atoms. The summed E-state index contributed by atoms with van der Waals surface area (Å²) in [6.07, 6.45) is 2.91. The van der Waals surface area contributed by atoms with Crippen molar-refractivity contribution in [2.75, 3.05) is 12.0 Å². The molecule has 6 heteroatoms. The number of methoxy groups -OCH3 is 1. The second kappa shape index (κ2) is 6.73. The van der Waals surface area contributed by atoms with Gasteiger partial charge in [-0.15, -0.1) is 5.54 Å². The third-order valence-corrected chi connectivity index (χ3v) is 5.35. The molecule has 0 saturated carbocycles. The van der Waals surface area contributed by atoms with Crippen molar-refractivity contribution in [3.05, 3.63) is 34.7 Å². The Balaban J connectivity index is 2.03. The van der Waals surface area contributed by atoms with E-state index in [0.717, 1.165) is 17.7 Å². The van der Waals surface area contributed by atoms with Gasteiger partial charge in [-0.2, -0.15) is 0 Å².